The largest absolute Gasteiger partial charge is 0.496 e. The van der Waals surface area contributed by atoms with Gasteiger partial charge in [0.1, 0.15) is 23.4 Å². The van der Waals surface area contributed by atoms with Crippen LogP contribution in [0.2, 0.25) is 0 Å². The number of ether oxygens (including phenoxy) is 3. The van der Waals surface area contributed by atoms with Crippen LogP contribution in [0.5, 0.6) is 17.2 Å². The summed E-state index contributed by atoms with van der Waals surface area (Å²) in [6.45, 7) is 4.05. The first-order valence-electron chi connectivity index (χ1n) is 6.72. The highest BCUT2D eigenvalue weighted by Crippen LogP contribution is 2.29. The van der Waals surface area contributed by atoms with Crippen molar-refractivity contribution < 1.29 is 19.3 Å². The number of benzene rings is 1. The highest BCUT2D eigenvalue weighted by atomic mass is 16.5. The Morgan fingerprint density at radius 3 is 1.95 bits per heavy atom. The molecule has 108 valence electrons. The number of methoxy groups -OCH3 is 2. The molecule has 1 aromatic rings. The summed E-state index contributed by atoms with van der Waals surface area (Å²) in [6, 6.07) is 5.38. The van der Waals surface area contributed by atoms with E-state index in [1.165, 1.54) is 0 Å². The lowest BCUT2D eigenvalue weighted by Gasteiger charge is -2.23. The maximum absolute atomic E-state index is 10.0. The van der Waals surface area contributed by atoms with Crippen molar-refractivity contribution in [2.24, 2.45) is 0 Å². The SMILES string of the molecule is CCCC(O)C(CC)Oc1cc(OC)cc(OC)c1. The summed E-state index contributed by atoms with van der Waals surface area (Å²) in [5, 5.41) is 10.0. The molecule has 0 bridgehead atoms. The van der Waals surface area contributed by atoms with Crippen LogP contribution >= 0.6 is 0 Å². The molecule has 1 aromatic carbocycles. The molecule has 0 aromatic heterocycles. The van der Waals surface area contributed by atoms with E-state index >= 15 is 0 Å². The van der Waals surface area contributed by atoms with Crippen LogP contribution < -0.4 is 14.2 Å². The highest BCUT2D eigenvalue weighted by molar-refractivity contribution is 5.42. The zero-order valence-electron chi connectivity index (χ0n) is 12.2. The van der Waals surface area contributed by atoms with E-state index < -0.39 is 6.10 Å². The Balaban J connectivity index is 2.83. The second-order valence-corrected chi connectivity index (χ2v) is 4.47. The summed E-state index contributed by atoms with van der Waals surface area (Å²) in [7, 11) is 3.20. The first-order valence-corrected chi connectivity index (χ1v) is 6.72. The van der Waals surface area contributed by atoms with E-state index in [0.717, 1.165) is 19.3 Å². The van der Waals surface area contributed by atoms with Gasteiger partial charge in [0.15, 0.2) is 0 Å². The maximum atomic E-state index is 10.0. The normalized spacial score (nSPS) is 13.7. The van der Waals surface area contributed by atoms with Gasteiger partial charge in [-0.3, -0.25) is 0 Å². The molecule has 0 aliphatic heterocycles. The van der Waals surface area contributed by atoms with Crippen LogP contribution in [-0.4, -0.2) is 31.5 Å². The molecular formula is C15H24O4. The van der Waals surface area contributed by atoms with Crippen molar-refractivity contribution in [3.05, 3.63) is 18.2 Å². The summed E-state index contributed by atoms with van der Waals surface area (Å²) in [6.07, 6.45) is 1.76. The van der Waals surface area contributed by atoms with Crippen molar-refractivity contribution >= 4 is 0 Å². The summed E-state index contributed by atoms with van der Waals surface area (Å²) in [5.41, 5.74) is 0. The Bertz CT molecular complexity index is 356. The van der Waals surface area contributed by atoms with E-state index in [1.54, 1.807) is 32.4 Å². The first kappa shape index (κ1) is 15.6. The molecule has 0 saturated carbocycles. The van der Waals surface area contributed by atoms with Crippen molar-refractivity contribution in [1.82, 2.24) is 0 Å². The summed E-state index contributed by atoms with van der Waals surface area (Å²) in [5.74, 6) is 2.00. The maximum Gasteiger partial charge on any atom is 0.127 e. The highest BCUT2D eigenvalue weighted by Gasteiger charge is 2.19. The standard InChI is InChI=1S/C15H24O4/c1-5-7-14(16)15(6-2)19-13-9-11(17-3)8-12(10-13)18-4/h8-10,14-16H,5-7H2,1-4H3. The van der Waals surface area contributed by atoms with Gasteiger partial charge >= 0.3 is 0 Å². The Labute approximate surface area is 115 Å². The molecule has 0 radical (unpaired) electrons. The van der Waals surface area contributed by atoms with E-state index in [4.69, 9.17) is 14.2 Å². The fourth-order valence-corrected chi connectivity index (χ4v) is 1.94. The monoisotopic (exact) mass is 268 g/mol. The van der Waals surface area contributed by atoms with Crippen LogP contribution in [0.25, 0.3) is 0 Å². The van der Waals surface area contributed by atoms with Crippen molar-refractivity contribution in [2.45, 2.75) is 45.3 Å². The van der Waals surface area contributed by atoms with Gasteiger partial charge < -0.3 is 19.3 Å². The average Bonchev–Trinajstić information content (AvgIpc) is 2.44. The van der Waals surface area contributed by atoms with Crippen LogP contribution in [0.3, 0.4) is 0 Å². The molecule has 0 amide bonds. The third-order valence-corrected chi connectivity index (χ3v) is 3.03. The predicted octanol–water partition coefficient (Wildman–Crippen LogP) is 3.02. The lowest BCUT2D eigenvalue weighted by Crippen LogP contribution is -2.31. The minimum absolute atomic E-state index is 0.211. The van der Waals surface area contributed by atoms with Gasteiger partial charge in [0.25, 0.3) is 0 Å². The van der Waals surface area contributed by atoms with E-state index in [2.05, 4.69) is 0 Å². The lowest BCUT2D eigenvalue weighted by molar-refractivity contribution is 0.0282. The summed E-state index contributed by atoms with van der Waals surface area (Å²) < 4.78 is 16.2. The lowest BCUT2D eigenvalue weighted by atomic mass is 10.1. The number of rotatable bonds is 8. The third-order valence-electron chi connectivity index (χ3n) is 3.03. The van der Waals surface area contributed by atoms with E-state index in [-0.39, 0.29) is 6.10 Å². The van der Waals surface area contributed by atoms with Gasteiger partial charge in [-0.1, -0.05) is 20.3 Å². The molecule has 1 N–H and O–H groups in total. The molecule has 4 heteroatoms. The zero-order chi connectivity index (χ0) is 14.3. The molecule has 2 unspecified atom stereocenters. The smallest absolute Gasteiger partial charge is 0.127 e. The van der Waals surface area contributed by atoms with Crippen molar-refractivity contribution in [3.63, 3.8) is 0 Å². The number of aliphatic hydroxyl groups excluding tert-OH is 1. The van der Waals surface area contributed by atoms with E-state index in [9.17, 15) is 5.11 Å². The van der Waals surface area contributed by atoms with Gasteiger partial charge in [-0.05, 0) is 12.8 Å². The zero-order valence-corrected chi connectivity index (χ0v) is 12.2. The van der Waals surface area contributed by atoms with Crippen LogP contribution in [-0.2, 0) is 0 Å². The molecule has 0 fully saturated rings. The summed E-state index contributed by atoms with van der Waals surface area (Å²) >= 11 is 0. The number of hydrogen-bond donors (Lipinski definition) is 1. The molecule has 0 aliphatic carbocycles. The Kier molecular flexibility index (Phi) is 6.50. The molecular weight excluding hydrogens is 244 g/mol. The average molecular weight is 268 g/mol. The van der Waals surface area contributed by atoms with Gasteiger partial charge in [-0.25, -0.2) is 0 Å². The molecule has 19 heavy (non-hydrogen) atoms. The van der Waals surface area contributed by atoms with Gasteiger partial charge in [0.05, 0.1) is 20.3 Å². The molecule has 0 spiro atoms. The molecule has 2 atom stereocenters. The van der Waals surface area contributed by atoms with Crippen molar-refractivity contribution in [1.29, 1.82) is 0 Å². The van der Waals surface area contributed by atoms with Crippen LogP contribution in [0.1, 0.15) is 33.1 Å². The van der Waals surface area contributed by atoms with Gasteiger partial charge in [-0.15, -0.1) is 0 Å². The molecule has 0 saturated heterocycles. The van der Waals surface area contributed by atoms with Gasteiger partial charge in [0, 0.05) is 18.2 Å². The predicted molar refractivity (Wildman–Crippen MR) is 75.2 cm³/mol. The second kappa shape index (κ2) is 7.89. The summed E-state index contributed by atoms with van der Waals surface area (Å²) in [4.78, 5) is 0. The van der Waals surface area contributed by atoms with Crippen LogP contribution in [0.15, 0.2) is 18.2 Å². The number of hydrogen-bond acceptors (Lipinski definition) is 4. The van der Waals surface area contributed by atoms with Gasteiger partial charge in [0.2, 0.25) is 0 Å². The van der Waals surface area contributed by atoms with Crippen LogP contribution in [0, 0.1) is 0 Å². The Morgan fingerprint density at radius 2 is 1.53 bits per heavy atom. The molecule has 4 nitrogen and oxygen atoms in total. The first-order chi connectivity index (χ1) is 9.14. The van der Waals surface area contributed by atoms with Crippen molar-refractivity contribution in [3.8, 4) is 17.2 Å². The Morgan fingerprint density at radius 1 is 1.00 bits per heavy atom. The second-order valence-electron chi connectivity index (χ2n) is 4.47. The van der Waals surface area contributed by atoms with Gasteiger partial charge in [-0.2, -0.15) is 0 Å². The van der Waals surface area contributed by atoms with E-state index in [1.807, 2.05) is 13.8 Å². The van der Waals surface area contributed by atoms with E-state index in [0.29, 0.717) is 17.2 Å². The minimum Gasteiger partial charge on any atom is -0.496 e. The molecule has 0 heterocycles. The number of aliphatic hydroxyl groups is 1. The third kappa shape index (κ3) is 4.63. The minimum atomic E-state index is -0.452. The fourth-order valence-electron chi connectivity index (χ4n) is 1.94. The van der Waals surface area contributed by atoms with Crippen molar-refractivity contribution in [2.75, 3.05) is 14.2 Å². The quantitative estimate of drug-likeness (QED) is 0.787. The fraction of sp³-hybridized carbons (Fsp3) is 0.600. The molecule has 1 rings (SSSR count). The topological polar surface area (TPSA) is 47.9 Å². The van der Waals surface area contributed by atoms with Crippen LogP contribution in [0.4, 0.5) is 0 Å². The molecule has 0 aliphatic rings. The Hall–Kier alpha value is -1.42.